The molecule has 3 rings (SSSR count). The van der Waals surface area contributed by atoms with Crippen LogP contribution in [0.1, 0.15) is 28.7 Å². The number of hydrogen-bond acceptors (Lipinski definition) is 4. The van der Waals surface area contributed by atoms with Crippen LogP contribution in [0.5, 0.6) is 0 Å². The summed E-state index contributed by atoms with van der Waals surface area (Å²) in [5.41, 5.74) is 1.23. The van der Waals surface area contributed by atoms with Crippen molar-refractivity contribution in [2.75, 3.05) is 5.32 Å². The van der Waals surface area contributed by atoms with Gasteiger partial charge in [0.05, 0.1) is 0 Å². The van der Waals surface area contributed by atoms with Crippen molar-refractivity contribution in [2.45, 2.75) is 19.8 Å². The lowest BCUT2D eigenvalue weighted by Crippen LogP contribution is -2.14. The molecule has 3 heterocycles. The predicted molar refractivity (Wildman–Crippen MR) is 87.6 cm³/mol. The predicted octanol–water partition coefficient (Wildman–Crippen LogP) is 3.53. The number of carbonyl (C=O) groups is 1. The molecule has 6 heteroatoms. The van der Waals surface area contributed by atoms with E-state index in [1.165, 1.54) is 0 Å². The SMILES string of the molecule is CCCc1sc(-n2cccc2)nc1C(=O)Nc1ccncc1. The number of thiazole rings is 1. The lowest BCUT2D eigenvalue weighted by Gasteiger charge is -2.03. The molecule has 112 valence electrons. The number of aromatic nitrogens is 3. The molecule has 1 N–H and O–H groups in total. The van der Waals surface area contributed by atoms with Crippen LogP contribution in [-0.2, 0) is 6.42 Å². The summed E-state index contributed by atoms with van der Waals surface area (Å²) in [4.78, 5) is 22.0. The molecule has 5 nitrogen and oxygen atoms in total. The van der Waals surface area contributed by atoms with Gasteiger partial charge in [0.25, 0.3) is 5.91 Å². The second kappa shape index (κ2) is 6.53. The lowest BCUT2D eigenvalue weighted by atomic mass is 10.2. The number of amides is 1. The first-order valence-electron chi connectivity index (χ1n) is 7.12. The van der Waals surface area contributed by atoms with Gasteiger partial charge in [0.1, 0.15) is 5.69 Å². The maximum Gasteiger partial charge on any atom is 0.275 e. The molecule has 0 saturated heterocycles. The van der Waals surface area contributed by atoms with E-state index in [-0.39, 0.29) is 5.91 Å². The molecule has 0 unspecified atom stereocenters. The number of anilines is 1. The van der Waals surface area contributed by atoms with Crippen LogP contribution < -0.4 is 5.32 Å². The molecule has 22 heavy (non-hydrogen) atoms. The lowest BCUT2D eigenvalue weighted by molar-refractivity contribution is 0.102. The van der Waals surface area contributed by atoms with Gasteiger partial charge in [-0.3, -0.25) is 9.78 Å². The molecule has 1 amide bonds. The third kappa shape index (κ3) is 3.07. The third-order valence-electron chi connectivity index (χ3n) is 3.14. The molecule has 0 atom stereocenters. The molecule has 0 saturated carbocycles. The molecular weight excluding hydrogens is 296 g/mol. The summed E-state index contributed by atoms with van der Waals surface area (Å²) in [6.07, 6.45) is 8.98. The first-order chi connectivity index (χ1) is 10.8. The Morgan fingerprint density at radius 3 is 2.68 bits per heavy atom. The summed E-state index contributed by atoms with van der Waals surface area (Å²) in [5.74, 6) is -0.177. The van der Waals surface area contributed by atoms with Crippen molar-refractivity contribution in [2.24, 2.45) is 0 Å². The normalized spacial score (nSPS) is 10.6. The van der Waals surface area contributed by atoms with Crippen LogP contribution in [0, 0.1) is 0 Å². The van der Waals surface area contributed by atoms with Gasteiger partial charge in [-0.05, 0) is 30.7 Å². The van der Waals surface area contributed by atoms with Crippen LogP contribution in [0.4, 0.5) is 5.69 Å². The van der Waals surface area contributed by atoms with Gasteiger partial charge in [0.15, 0.2) is 5.13 Å². The molecule has 3 aromatic heterocycles. The summed E-state index contributed by atoms with van der Waals surface area (Å²) in [7, 11) is 0. The van der Waals surface area contributed by atoms with E-state index in [9.17, 15) is 4.79 Å². The Morgan fingerprint density at radius 1 is 1.27 bits per heavy atom. The van der Waals surface area contributed by atoms with E-state index in [0.717, 1.165) is 28.5 Å². The van der Waals surface area contributed by atoms with Crippen molar-refractivity contribution >= 4 is 22.9 Å². The van der Waals surface area contributed by atoms with E-state index in [4.69, 9.17) is 0 Å². The summed E-state index contributed by atoms with van der Waals surface area (Å²) in [6.45, 7) is 2.10. The van der Waals surface area contributed by atoms with Gasteiger partial charge >= 0.3 is 0 Å². The molecule has 0 aliphatic rings. The van der Waals surface area contributed by atoms with E-state index in [2.05, 4.69) is 22.2 Å². The van der Waals surface area contributed by atoms with Crippen molar-refractivity contribution in [3.63, 3.8) is 0 Å². The molecule has 0 radical (unpaired) electrons. The maximum absolute atomic E-state index is 12.5. The number of hydrogen-bond donors (Lipinski definition) is 1. The monoisotopic (exact) mass is 312 g/mol. The standard InChI is InChI=1S/C16H16N4OS/c1-2-5-13-14(15(21)18-12-6-8-17-9-7-12)19-16(22-13)20-10-3-4-11-20/h3-4,6-11H,2,5H2,1H3,(H,17,18,21). The fourth-order valence-electron chi connectivity index (χ4n) is 2.11. The smallest absolute Gasteiger partial charge is 0.275 e. The Morgan fingerprint density at radius 2 is 2.00 bits per heavy atom. The average molecular weight is 312 g/mol. The number of carbonyl (C=O) groups excluding carboxylic acids is 1. The minimum absolute atomic E-state index is 0.177. The maximum atomic E-state index is 12.5. The number of aryl methyl sites for hydroxylation is 1. The largest absolute Gasteiger partial charge is 0.321 e. The van der Waals surface area contributed by atoms with Crippen molar-refractivity contribution < 1.29 is 4.79 Å². The van der Waals surface area contributed by atoms with Crippen molar-refractivity contribution in [1.29, 1.82) is 0 Å². The summed E-state index contributed by atoms with van der Waals surface area (Å²) in [6, 6.07) is 7.41. The Labute approximate surface area is 132 Å². The van der Waals surface area contributed by atoms with E-state index in [1.807, 2.05) is 29.1 Å². The van der Waals surface area contributed by atoms with E-state index in [1.54, 1.807) is 35.9 Å². The number of nitrogens with one attached hydrogen (secondary N) is 1. The first-order valence-corrected chi connectivity index (χ1v) is 7.94. The Bertz CT molecular complexity index is 750. The van der Waals surface area contributed by atoms with Crippen molar-refractivity contribution in [3.05, 3.63) is 59.6 Å². The first kappa shape index (κ1) is 14.5. The van der Waals surface area contributed by atoms with Crippen LogP contribution in [0.25, 0.3) is 5.13 Å². The quantitative estimate of drug-likeness (QED) is 0.784. The van der Waals surface area contributed by atoms with Crippen molar-refractivity contribution in [1.82, 2.24) is 14.5 Å². The van der Waals surface area contributed by atoms with Gasteiger partial charge in [-0.1, -0.05) is 13.3 Å². The molecule has 0 bridgehead atoms. The van der Waals surface area contributed by atoms with Crippen LogP contribution in [0.3, 0.4) is 0 Å². The van der Waals surface area contributed by atoms with Gasteiger partial charge in [0, 0.05) is 35.4 Å². The minimum Gasteiger partial charge on any atom is -0.321 e. The van der Waals surface area contributed by atoms with Gasteiger partial charge in [0.2, 0.25) is 0 Å². The molecule has 0 fully saturated rings. The highest BCUT2D eigenvalue weighted by Crippen LogP contribution is 2.24. The van der Waals surface area contributed by atoms with Gasteiger partial charge in [-0.25, -0.2) is 4.98 Å². The van der Waals surface area contributed by atoms with Gasteiger partial charge < -0.3 is 9.88 Å². The number of nitrogens with zero attached hydrogens (tertiary/aromatic N) is 3. The van der Waals surface area contributed by atoms with Crippen LogP contribution in [0.2, 0.25) is 0 Å². The second-order valence-electron chi connectivity index (χ2n) is 4.80. The topological polar surface area (TPSA) is 59.8 Å². The van der Waals surface area contributed by atoms with Crippen molar-refractivity contribution in [3.8, 4) is 5.13 Å². The highest BCUT2D eigenvalue weighted by Gasteiger charge is 2.18. The fraction of sp³-hybridized carbons (Fsp3) is 0.188. The number of rotatable bonds is 5. The van der Waals surface area contributed by atoms with E-state index in [0.29, 0.717) is 5.69 Å². The third-order valence-corrected chi connectivity index (χ3v) is 4.27. The zero-order chi connectivity index (χ0) is 15.4. The molecule has 0 spiro atoms. The van der Waals surface area contributed by atoms with E-state index >= 15 is 0 Å². The molecule has 0 aliphatic carbocycles. The van der Waals surface area contributed by atoms with Gasteiger partial charge in [-0.15, -0.1) is 11.3 Å². The van der Waals surface area contributed by atoms with Crippen LogP contribution in [0.15, 0.2) is 49.1 Å². The second-order valence-corrected chi connectivity index (χ2v) is 5.86. The van der Waals surface area contributed by atoms with Crippen LogP contribution >= 0.6 is 11.3 Å². The number of pyridine rings is 1. The Balaban J connectivity index is 1.89. The zero-order valence-corrected chi connectivity index (χ0v) is 13.0. The molecule has 0 aliphatic heterocycles. The summed E-state index contributed by atoms with van der Waals surface area (Å²) >= 11 is 1.56. The fourth-order valence-corrected chi connectivity index (χ4v) is 3.24. The Kier molecular flexibility index (Phi) is 4.29. The van der Waals surface area contributed by atoms with Crippen LogP contribution in [-0.4, -0.2) is 20.4 Å². The van der Waals surface area contributed by atoms with E-state index < -0.39 is 0 Å². The summed E-state index contributed by atoms with van der Waals surface area (Å²) in [5, 5.41) is 3.68. The summed E-state index contributed by atoms with van der Waals surface area (Å²) < 4.78 is 1.92. The molecule has 0 aromatic carbocycles. The van der Waals surface area contributed by atoms with Gasteiger partial charge in [-0.2, -0.15) is 0 Å². The average Bonchev–Trinajstić information content (AvgIpc) is 3.17. The zero-order valence-electron chi connectivity index (χ0n) is 12.2. The molecular formula is C16H16N4OS. The molecule has 3 aromatic rings. The highest BCUT2D eigenvalue weighted by atomic mass is 32.1. The Hall–Kier alpha value is -2.47. The minimum atomic E-state index is -0.177. The highest BCUT2D eigenvalue weighted by molar-refractivity contribution is 7.14.